The van der Waals surface area contributed by atoms with Gasteiger partial charge in [-0.05, 0) is 36.6 Å². The van der Waals surface area contributed by atoms with E-state index in [2.05, 4.69) is 10.3 Å². The number of nitrogens with zero attached hydrogens (tertiary/aromatic N) is 2. The van der Waals surface area contributed by atoms with Gasteiger partial charge in [-0.2, -0.15) is 0 Å². The summed E-state index contributed by atoms with van der Waals surface area (Å²) in [5.74, 6) is -0.805. The molecule has 1 saturated heterocycles. The number of ether oxygens (including phenoxy) is 1. The van der Waals surface area contributed by atoms with Crippen molar-refractivity contribution in [2.75, 3.05) is 25.5 Å². The van der Waals surface area contributed by atoms with E-state index in [0.29, 0.717) is 24.5 Å². The number of anilines is 1. The molecule has 1 aromatic heterocycles. The average molecular weight is 355 g/mol. The zero-order valence-corrected chi connectivity index (χ0v) is 14.7. The first kappa shape index (κ1) is 17.7. The van der Waals surface area contributed by atoms with Crippen molar-refractivity contribution in [3.63, 3.8) is 0 Å². The van der Waals surface area contributed by atoms with E-state index < -0.39 is 11.9 Å². The van der Waals surface area contributed by atoms with Gasteiger partial charge in [-0.3, -0.25) is 4.79 Å². The SMILES string of the molecule is COc1ccc(-c2ccc(C)c(NC(=O)N3CCC(C(=O)O)C3)c2)cn1. The van der Waals surface area contributed by atoms with Gasteiger partial charge in [0.1, 0.15) is 0 Å². The Morgan fingerprint density at radius 1 is 1.27 bits per heavy atom. The number of hydrogen-bond acceptors (Lipinski definition) is 4. The van der Waals surface area contributed by atoms with E-state index >= 15 is 0 Å². The van der Waals surface area contributed by atoms with Crippen molar-refractivity contribution in [3.8, 4) is 17.0 Å². The van der Waals surface area contributed by atoms with Crippen LogP contribution in [0.4, 0.5) is 10.5 Å². The van der Waals surface area contributed by atoms with E-state index in [4.69, 9.17) is 9.84 Å². The van der Waals surface area contributed by atoms with Gasteiger partial charge in [-0.15, -0.1) is 0 Å². The third-order valence-corrected chi connectivity index (χ3v) is 4.58. The van der Waals surface area contributed by atoms with Crippen LogP contribution in [0.5, 0.6) is 5.88 Å². The molecule has 1 aliphatic heterocycles. The highest BCUT2D eigenvalue weighted by atomic mass is 16.5. The topological polar surface area (TPSA) is 91.8 Å². The quantitative estimate of drug-likeness (QED) is 0.880. The molecule has 7 heteroatoms. The molecule has 2 amide bonds. The number of carbonyl (C=O) groups excluding carboxylic acids is 1. The van der Waals surface area contributed by atoms with E-state index in [1.54, 1.807) is 24.3 Å². The molecule has 1 unspecified atom stereocenters. The molecule has 26 heavy (non-hydrogen) atoms. The molecular formula is C19H21N3O4. The van der Waals surface area contributed by atoms with Gasteiger partial charge < -0.3 is 20.1 Å². The van der Waals surface area contributed by atoms with Gasteiger partial charge in [-0.1, -0.05) is 12.1 Å². The summed E-state index contributed by atoms with van der Waals surface area (Å²) in [5.41, 5.74) is 3.46. The van der Waals surface area contributed by atoms with E-state index in [1.807, 2.05) is 31.2 Å². The highest BCUT2D eigenvalue weighted by Crippen LogP contribution is 2.27. The largest absolute Gasteiger partial charge is 0.481 e. The molecule has 0 saturated carbocycles. The van der Waals surface area contributed by atoms with Crippen LogP contribution in [-0.4, -0.2) is 47.2 Å². The number of carbonyl (C=O) groups is 2. The molecule has 0 aliphatic carbocycles. The van der Waals surface area contributed by atoms with Crippen LogP contribution in [0.15, 0.2) is 36.5 Å². The Morgan fingerprint density at radius 3 is 2.65 bits per heavy atom. The maximum absolute atomic E-state index is 12.5. The van der Waals surface area contributed by atoms with Crippen molar-refractivity contribution >= 4 is 17.7 Å². The van der Waals surface area contributed by atoms with Crippen molar-refractivity contribution in [1.82, 2.24) is 9.88 Å². The number of hydrogen-bond donors (Lipinski definition) is 2. The summed E-state index contributed by atoms with van der Waals surface area (Å²) in [6.45, 7) is 2.60. The van der Waals surface area contributed by atoms with Gasteiger partial charge in [0.25, 0.3) is 0 Å². The summed E-state index contributed by atoms with van der Waals surface area (Å²) in [5, 5.41) is 12.0. The van der Waals surface area contributed by atoms with Crippen molar-refractivity contribution in [1.29, 1.82) is 0 Å². The van der Waals surface area contributed by atoms with Gasteiger partial charge in [0.2, 0.25) is 5.88 Å². The number of aliphatic carboxylic acids is 1. The van der Waals surface area contributed by atoms with Crippen LogP contribution in [-0.2, 0) is 4.79 Å². The number of aromatic nitrogens is 1. The monoisotopic (exact) mass is 355 g/mol. The zero-order valence-electron chi connectivity index (χ0n) is 14.7. The fourth-order valence-electron chi connectivity index (χ4n) is 2.95. The summed E-state index contributed by atoms with van der Waals surface area (Å²) in [6.07, 6.45) is 2.20. The lowest BCUT2D eigenvalue weighted by molar-refractivity contribution is -0.141. The van der Waals surface area contributed by atoms with Crippen LogP contribution >= 0.6 is 0 Å². The third kappa shape index (κ3) is 3.77. The number of methoxy groups -OCH3 is 1. The molecule has 1 atom stereocenters. The highest BCUT2D eigenvalue weighted by molar-refractivity contribution is 5.91. The molecule has 136 valence electrons. The molecule has 3 rings (SSSR count). The van der Waals surface area contributed by atoms with Crippen molar-refractivity contribution < 1.29 is 19.4 Å². The fourth-order valence-corrected chi connectivity index (χ4v) is 2.95. The predicted molar refractivity (Wildman–Crippen MR) is 97.3 cm³/mol. The van der Waals surface area contributed by atoms with Crippen LogP contribution in [0, 0.1) is 12.8 Å². The minimum absolute atomic E-state index is 0.238. The Bertz CT molecular complexity index is 820. The van der Waals surface area contributed by atoms with E-state index in [9.17, 15) is 9.59 Å². The number of urea groups is 1. The smallest absolute Gasteiger partial charge is 0.321 e. The minimum Gasteiger partial charge on any atom is -0.481 e. The lowest BCUT2D eigenvalue weighted by atomic mass is 10.0. The summed E-state index contributed by atoms with van der Waals surface area (Å²) in [6, 6.07) is 9.19. The van der Waals surface area contributed by atoms with Crippen LogP contribution in [0.2, 0.25) is 0 Å². The van der Waals surface area contributed by atoms with Crippen molar-refractivity contribution in [2.24, 2.45) is 5.92 Å². The summed E-state index contributed by atoms with van der Waals surface area (Å²) < 4.78 is 5.07. The van der Waals surface area contributed by atoms with E-state index in [1.165, 1.54) is 0 Å². The van der Waals surface area contributed by atoms with E-state index in [-0.39, 0.29) is 12.6 Å². The summed E-state index contributed by atoms with van der Waals surface area (Å²) in [7, 11) is 1.56. The second-order valence-electron chi connectivity index (χ2n) is 6.32. The second-order valence-corrected chi connectivity index (χ2v) is 6.32. The normalized spacial score (nSPS) is 16.4. The Morgan fingerprint density at radius 2 is 2.04 bits per heavy atom. The van der Waals surface area contributed by atoms with Gasteiger partial charge in [0.05, 0.1) is 13.0 Å². The molecule has 1 aliphatic rings. The zero-order chi connectivity index (χ0) is 18.7. The van der Waals surface area contributed by atoms with Crippen LogP contribution in [0.3, 0.4) is 0 Å². The van der Waals surface area contributed by atoms with Gasteiger partial charge in [0.15, 0.2) is 0 Å². The average Bonchev–Trinajstić information content (AvgIpc) is 3.14. The number of likely N-dealkylation sites (tertiary alicyclic amines) is 1. The van der Waals surface area contributed by atoms with Crippen LogP contribution < -0.4 is 10.1 Å². The molecule has 0 bridgehead atoms. The number of rotatable bonds is 4. The van der Waals surface area contributed by atoms with Crippen molar-refractivity contribution in [3.05, 3.63) is 42.1 Å². The molecule has 2 N–H and O–H groups in total. The number of carboxylic acids is 1. The predicted octanol–water partition coefficient (Wildman–Crippen LogP) is 3.00. The number of benzene rings is 1. The first-order valence-corrected chi connectivity index (χ1v) is 8.37. The van der Waals surface area contributed by atoms with Crippen molar-refractivity contribution in [2.45, 2.75) is 13.3 Å². The maximum Gasteiger partial charge on any atom is 0.321 e. The number of carboxylic acid groups (broad SMARTS) is 1. The van der Waals surface area contributed by atoms with Gasteiger partial charge in [-0.25, -0.2) is 9.78 Å². The van der Waals surface area contributed by atoms with E-state index in [0.717, 1.165) is 16.7 Å². The van der Waals surface area contributed by atoms with Crippen LogP contribution in [0.1, 0.15) is 12.0 Å². The third-order valence-electron chi connectivity index (χ3n) is 4.58. The molecule has 7 nitrogen and oxygen atoms in total. The van der Waals surface area contributed by atoms with Gasteiger partial charge in [0, 0.05) is 36.6 Å². The lowest BCUT2D eigenvalue weighted by Gasteiger charge is -2.18. The lowest BCUT2D eigenvalue weighted by Crippen LogP contribution is -2.34. The molecule has 1 aromatic carbocycles. The highest BCUT2D eigenvalue weighted by Gasteiger charge is 2.30. The fraction of sp³-hybridized carbons (Fsp3) is 0.316. The molecule has 0 radical (unpaired) electrons. The molecule has 2 heterocycles. The van der Waals surface area contributed by atoms with Crippen LogP contribution in [0.25, 0.3) is 11.1 Å². The first-order chi connectivity index (χ1) is 12.5. The summed E-state index contributed by atoms with van der Waals surface area (Å²) >= 11 is 0. The summed E-state index contributed by atoms with van der Waals surface area (Å²) in [4.78, 5) is 29.3. The molecule has 1 fully saturated rings. The molecule has 2 aromatic rings. The Labute approximate surface area is 151 Å². The Kier molecular flexibility index (Phi) is 5.06. The molecule has 0 spiro atoms. The first-order valence-electron chi connectivity index (χ1n) is 8.37. The second kappa shape index (κ2) is 7.43. The van der Waals surface area contributed by atoms with Gasteiger partial charge >= 0.3 is 12.0 Å². The minimum atomic E-state index is -0.856. The standard InChI is InChI=1S/C19H21N3O4/c1-12-3-4-13(14-5-6-17(26-2)20-10-14)9-16(12)21-19(25)22-8-7-15(11-22)18(23)24/h3-6,9-10,15H,7-8,11H2,1-2H3,(H,21,25)(H,23,24). The number of pyridine rings is 1. The number of aryl methyl sites for hydroxylation is 1. The number of nitrogens with one attached hydrogen (secondary N) is 1. The maximum atomic E-state index is 12.5. The Hall–Kier alpha value is -3.09. The molecular weight excluding hydrogens is 334 g/mol. The Balaban J connectivity index is 1.75. The number of amides is 2.